The molecule has 0 aliphatic heterocycles. The molecule has 0 rings (SSSR count). The van der Waals surface area contributed by atoms with E-state index < -0.39 is 6.10 Å². The lowest BCUT2D eigenvalue weighted by atomic mass is 10.0. The first-order valence-corrected chi connectivity index (χ1v) is 28.1. The Morgan fingerprint density at radius 1 is 0.323 bits per heavy atom. The van der Waals surface area contributed by atoms with Gasteiger partial charge in [0.15, 0.2) is 6.10 Å². The topological polar surface area (TPSA) is 78.9 Å². The van der Waals surface area contributed by atoms with Crippen LogP contribution < -0.4 is 0 Å². The largest absolute Gasteiger partial charge is 0.462 e. The molecule has 0 aliphatic carbocycles. The molecule has 0 aromatic heterocycles. The summed E-state index contributed by atoms with van der Waals surface area (Å²) in [6.45, 7) is 6.54. The minimum absolute atomic E-state index is 0.0770. The maximum atomic E-state index is 12.8. The van der Waals surface area contributed by atoms with Gasteiger partial charge in [-0.1, -0.05) is 243 Å². The Morgan fingerprint density at radius 3 is 0.954 bits per heavy atom. The van der Waals surface area contributed by atoms with E-state index in [1.165, 1.54) is 161 Å². The van der Waals surface area contributed by atoms with Crippen LogP contribution in [0.15, 0.2) is 48.6 Å². The predicted molar refractivity (Wildman–Crippen MR) is 279 cm³/mol. The van der Waals surface area contributed by atoms with Gasteiger partial charge in [-0.25, -0.2) is 0 Å². The van der Waals surface area contributed by atoms with Gasteiger partial charge in [0.05, 0.1) is 0 Å². The summed E-state index contributed by atoms with van der Waals surface area (Å²) in [5, 5.41) is 0. The summed E-state index contributed by atoms with van der Waals surface area (Å²) in [7, 11) is 0. The van der Waals surface area contributed by atoms with Crippen LogP contribution in [0.5, 0.6) is 0 Å². The fraction of sp³-hybridized carbons (Fsp3) is 0.814. The smallest absolute Gasteiger partial charge is 0.306 e. The molecule has 1 unspecified atom stereocenters. The molecule has 65 heavy (non-hydrogen) atoms. The van der Waals surface area contributed by atoms with Crippen LogP contribution in [0.3, 0.4) is 0 Å². The molecule has 378 valence electrons. The third-order valence-electron chi connectivity index (χ3n) is 12.3. The molecule has 6 nitrogen and oxygen atoms in total. The van der Waals surface area contributed by atoms with Gasteiger partial charge in [0.1, 0.15) is 13.2 Å². The minimum atomic E-state index is -0.779. The van der Waals surface area contributed by atoms with E-state index in [9.17, 15) is 14.4 Å². The van der Waals surface area contributed by atoms with Gasteiger partial charge in [-0.05, 0) is 77.0 Å². The van der Waals surface area contributed by atoms with Crippen molar-refractivity contribution in [2.45, 2.75) is 297 Å². The van der Waals surface area contributed by atoms with Crippen LogP contribution in [-0.4, -0.2) is 37.2 Å². The Balaban J connectivity index is 4.37. The van der Waals surface area contributed by atoms with Gasteiger partial charge < -0.3 is 14.2 Å². The van der Waals surface area contributed by atoms with Crippen molar-refractivity contribution in [2.75, 3.05) is 13.2 Å². The number of unbranched alkanes of at least 4 members (excludes halogenated alkanes) is 32. The normalized spacial score (nSPS) is 12.4. The van der Waals surface area contributed by atoms with Crippen LogP contribution in [0.1, 0.15) is 290 Å². The zero-order valence-electron chi connectivity index (χ0n) is 43.3. The molecule has 0 aromatic rings. The highest BCUT2D eigenvalue weighted by Crippen LogP contribution is 2.16. The highest BCUT2D eigenvalue weighted by molar-refractivity contribution is 5.71. The molecule has 0 amide bonds. The summed E-state index contributed by atoms with van der Waals surface area (Å²) in [5.41, 5.74) is 0. The molecule has 0 radical (unpaired) electrons. The number of rotatable bonds is 51. The number of carbonyl (C=O) groups is 3. The molecular weight excluding hydrogens is 805 g/mol. The zero-order valence-corrected chi connectivity index (χ0v) is 43.3. The van der Waals surface area contributed by atoms with Crippen molar-refractivity contribution < 1.29 is 28.6 Å². The van der Waals surface area contributed by atoms with Gasteiger partial charge in [0, 0.05) is 19.3 Å². The van der Waals surface area contributed by atoms with E-state index in [1.807, 2.05) is 0 Å². The van der Waals surface area contributed by atoms with Gasteiger partial charge in [0.2, 0.25) is 0 Å². The second-order valence-corrected chi connectivity index (χ2v) is 18.8. The van der Waals surface area contributed by atoms with E-state index in [-0.39, 0.29) is 31.1 Å². The Hall–Kier alpha value is -2.63. The zero-order chi connectivity index (χ0) is 47.2. The van der Waals surface area contributed by atoms with E-state index in [2.05, 4.69) is 69.4 Å². The van der Waals surface area contributed by atoms with Gasteiger partial charge in [0.25, 0.3) is 0 Å². The molecule has 0 aromatic carbocycles. The van der Waals surface area contributed by atoms with Crippen molar-refractivity contribution in [2.24, 2.45) is 0 Å². The van der Waals surface area contributed by atoms with Crippen LogP contribution in [-0.2, 0) is 28.6 Å². The molecule has 0 heterocycles. The summed E-state index contributed by atoms with van der Waals surface area (Å²) in [6.07, 6.45) is 65.2. The number of allylic oxidation sites excluding steroid dienone is 8. The number of hydrogen-bond donors (Lipinski definition) is 0. The maximum absolute atomic E-state index is 12.8. The van der Waals surface area contributed by atoms with Gasteiger partial charge in [-0.15, -0.1) is 0 Å². The van der Waals surface area contributed by atoms with E-state index in [4.69, 9.17) is 14.2 Å². The van der Waals surface area contributed by atoms with E-state index in [0.717, 1.165) is 89.9 Å². The quantitative estimate of drug-likeness (QED) is 0.0262. The minimum Gasteiger partial charge on any atom is -0.462 e. The first-order valence-electron chi connectivity index (χ1n) is 28.1. The second kappa shape index (κ2) is 54.0. The van der Waals surface area contributed by atoms with Crippen molar-refractivity contribution in [1.29, 1.82) is 0 Å². The molecule has 1 atom stereocenters. The van der Waals surface area contributed by atoms with Crippen molar-refractivity contribution >= 4 is 17.9 Å². The average Bonchev–Trinajstić information content (AvgIpc) is 3.30. The Labute approximate surface area is 403 Å². The van der Waals surface area contributed by atoms with E-state index >= 15 is 0 Å². The van der Waals surface area contributed by atoms with E-state index in [1.54, 1.807) is 0 Å². The standard InChI is InChI=1S/C59H106O6/c1-4-7-10-13-16-19-22-25-28-30-32-34-37-40-43-46-49-52-58(61)64-55-56(54-63-57(60)51-48-45-42-39-36-33-27-24-21-18-15-12-9-6-3)65-59(62)53-50-47-44-41-38-35-31-29-26-23-20-17-14-11-8-5-2/h8,11,17,20,25-26,28-29,56H,4-7,9-10,12-16,18-19,21-24,27,30-55H2,1-3H3/b11-8-,20-17-,28-25-,29-26-. The summed E-state index contributed by atoms with van der Waals surface area (Å²) < 4.78 is 16.9. The van der Waals surface area contributed by atoms with E-state index in [0.29, 0.717) is 19.3 Å². The van der Waals surface area contributed by atoms with Crippen molar-refractivity contribution in [3.05, 3.63) is 48.6 Å². The van der Waals surface area contributed by atoms with Gasteiger partial charge >= 0.3 is 17.9 Å². The highest BCUT2D eigenvalue weighted by Gasteiger charge is 2.19. The van der Waals surface area contributed by atoms with Crippen LogP contribution in [0, 0.1) is 0 Å². The third-order valence-corrected chi connectivity index (χ3v) is 12.3. The van der Waals surface area contributed by atoms with Crippen LogP contribution in [0.4, 0.5) is 0 Å². The van der Waals surface area contributed by atoms with Crippen LogP contribution >= 0.6 is 0 Å². The summed E-state index contributed by atoms with van der Waals surface area (Å²) in [5.74, 6) is -0.881. The molecule has 6 heteroatoms. The second-order valence-electron chi connectivity index (χ2n) is 18.8. The number of ether oxygens (including phenoxy) is 3. The molecule has 0 bridgehead atoms. The SMILES string of the molecule is CC/C=C\C/C=C\C/C=C\CCCCCCCCC(=O)OC(COC(=O)CCCCCCCCC/C=C\CCCCCCCC)COC(=O)CCCCCCCCCCCCCCCC. The monoisotopic (exact) mass is 911 g/mol. The van der Waals surface area contributed by atoms with Crippen molar-refractivity contribution in [3.8, 4) is 0 Å². The number of esters is 3. The fourth-order valence-corrected chi connectivity index (χ4v) is 8.10. The lowest BCUT2D eigenvalue weighted by Crippen LogP contribution is -2.30. The summed E-state index contributed by atoms with van der Waals surface area (Å²) in [4.78, 5) is 38.1. The maximum Gasteiger partial charge on any atom is 0.306 e. The first-order chi connectivity index (χ1) is 32.0. The molecular formula is C59H106O6. The molecule has 0 N–H and O–H groups in total. The third kappa shape index (κ3) is 52.2. The lowest BCUT2D eigenvalue weighted by molar-refractivity contribution is -0.167. The molecule has 0 aliphatic rings. The Kier molecular flexibility index (Phi) is 51.8. The summed E-state index contributed by atoms with van der Waals surface area (Å²) >= 11 is 0. The summed E-state index contributed by atoms with van der Waals surface area (Å²) in [6, 6.07) is 0. The predicted octanol–water partition coefficient (Wildman–Crippen LogP) is 18.7. The Morgan fingerprint density at radius 2 is 0.600 bits per heavy atom. The first kappa shape index (κ1) is 62.4. The highest BCUT2D eigenvalue weighted by atomic mass is 16.6. The van der Waals surface area contributed by atoms with Gasteiger partial charge in [-0.2, -0.15) is 0 Å². The Bertz CT molecular complexity index is 1140. The van der Waals surface area contributed by atoms with Crippen LogP contribution in [0.25, 0.3) is 0 Å². The average molecular weight is 911 g/mol. The number of hydrogen-bond acceptors (Lipinski definition) is 6. The van der Waals surface area contributed by atoms with Gasteiger partial charge in [-0.3, -0.25) is 14.4 Å². The number of carbonyl (C=O) groups excluding carboxylic acids is 3. The van der Waals surface area contributed by atoms with Crippen LogP contribution in [0.2, 0.25) is 0 Å². The van der Waals surface area contributed by atoms with Crippen molar-refractivity contribution in [1.82, 2.24) is 0 Å². The molecule has 0 saturated heterocycles. The lowest BCUT2D eigenvalue weighted by Gasteiger charge is -2.18. The molecule has 0 saturated carbocycles. The van der Waals surface area contributed by atoms with Crippen molar-refractivity contribution in [3.63, 3.8) is 0 Å². The molecule has 0 fully saturated rings. The molecule has 0 spiro atoms. The fourth-order valence-electron chi connectivity index (χ4n) is 8.10.